The summed E-state index contributed by atoms with van der Waals surface area (Å²) in [4.78, 5) is 2.26. The van der Waals surface area contributed by atoms with Crippen molar-refractivity contribution in [2.45, 2.75) is 31.3 Å². The average Bonchev–Trinajstić information content (AvgIpc) is 2.26. The first-order chi connectivity index (χ1) is 8.76. The van der Waals surface area contributed by atoms with Crippen LogP contribution in [0.5, 0.6) is 0 Å². The minimum Gasteiger partial charge on any atom is -0.326 e. The Kier molecular flexibility index (Phi) is 5.49. The van der Waals surface area contributed by atoms with E-state index in [2.05, 4.69) is 4.72 Å². The zero-order valence-corrected chi connectivity index (χ0v) is 12.8. The summed E-state index contributed by atoms with van der Waals surface area (Å²) >= 11 is 0. The summed E-state index contributed by atoms with van der Waals surface area (Å²) in [6.07, 6.45) is 0. The van der Waals surface area contributed by atoms with Gasteiger partial charge < -0.3 is 10.6 Å². The number of nitrogens with one attached hydrogen (secondary N) is 1. The van der Waals surface area contributed by atoms with Crippen LogP contribution < -0.4 is 10.5 Å². The Morgan fingerprint density at radius 1 is 1.37 bits per heavy atom. The SMILES string of the molecule is Cc1cc(CN)ccc1S(=O)(=O)NC(C)CN(C)C. The van der Waals surface area contributed by atoms with Crippen molar-refractivity contribution in [3.8, 4) is 0 Å². The van der Waals surface area contributed by atoms with Gasteiger partial charge in [0, 0.05) is 19.1 Å². The van der Waals surface area contributed by atoms with Crippen molar-refractivity contribution in [1.29, 1.82) is 0 Å². The van der Waals surface area contributed by atoms with Crippen LogP contribution in [0.15, 0.2) is 23.1 Å². The maximum absolute atomic E-state index is 12.3. The highest BCUT2D eigenvalue weighted by Gasteiger charge is 2.19. The van der Waals surface area contributed by atoms with Crippen molar-refractivity contribution in [3.05, 3.63) is 29.3 Å². The molecule has 0 aliphatic heterocycles. The molecule has 0 bridgehead atoms. The molecular formula is C13H23N3O2S. The molecule has 5 nitrogen and oxygen atoms in total. The van der Waals surface area contributed by atoms with Crippen LogP contribution in [0.3, 0.4) is 0 Å². The van der Waals surface area contributed by atoms with E-state index in [0.29, 0.717) is 23.5 Å². The quantitative estimate of drug-likeness (QED) is 0.806. The summed E-state index contributed by atoms with van der Waals surface area (Å²) in [7, 11) is 0.339. The molecule has 6 heteroatoms. The zero-order valence-electron chi connectivity index (χ0n) is 12.0. The number of aryl methyl sites for hydroxylation is 1. The second-order valence-electron chi connectivity index (χ2n) is 5.09. The molecule has 0 fully saturated rings. The fourth-order valence-electron chi connectivity index (χ4n) is 2.05. The van der Waals surface area contributed by atoms with Gasteiger partial charge in [-0.25, -0.2) is 13.1 Å². The van der Waals surface area contributed by atoms with E-state index in [9.17, 15) is 8.42 Å². The molecule has 3 N–H and O–H groups in total. The lowest BCUT2D eigenvalue weighted by atomic mass is 10.1. The third kappa shape index (κ3) is 4.58. The predicted molar refractivity (Wildman–Crippen MR) is 77.4 cm³/mol. The van der Waals surface area contributed by atoms with E-state index in [1.54, 1.807) is 19.1 Å². The van der Waals surface area contributed by atoms with E-state index in [-0.39, 0.29) is 6.04 Å². The molecule has 1 unspecified atom stereocenters. The number of benzene rings is 1. The Hall–Kier alpha value is -0.950. The smallest absolute Gasteiger partial charge is 0.241 e. The minimum atomic E-state index is -3.48. The van der Waals surface area contributed by atoms with Gasteiger partial charge in [0.25, 0.3) is 0 Å². The number of rotatable bonds is 6. The van der Waals surface area contributed by atoms with Crippen molar-refractivity contribution in [2.75, 3.05) is 20.6 Å². The van der Waals surface area contributed by atoms with Crippen molar-refractivity contribution in [3.63, 3.8) is 0 Å². The van der Waals surface area contributed by atoms with Crippen molar-refractivity contribution < 1.29 is 8.42 Å². The van der Waals surface area contributed by atoms with Gasteiger partial charge in [-0.05, 0) is 45.1 Å². The molecule has 0 aliphatic rings. The summed E-state index contributed by atoms with van der Waals surface area (Å²) in [6.45, 7) is 4.69. The molecule has 108 valence electrons. The van der Waals surface area contributed by atoms with Gasteiger partial charge in [-0.3, -0.25) is 0 Å². The summed E-state index contributed by atoms with van der Waals surface area (Å²) < 4.78 is 27.2. The standard InChI is InChI=1S/C13H23N3O2S/c1-10-7-12(8-14)5-6-13(10)19(17,18)15-11(2)9-16(3)4/h5-7,11,15H,8-9,14H2,1-4H3. The average molecular weight is 285 g/mol. The van der Waals surface area contributed by atoms with E-state index in [1.165, 1.54) is 0 Å². The minimum absolute atomic E-state index is 0.145. The lowest BCUT2D eigenvalue weighted by Gasteiger charge is -2.19. The molecule has 0 heterocycles. The largest absolute Gasteiger partial charge is 0.326 e. The lowest BCUT2D eigenvalue weighted by molar-refractivity contribution is 0.370. The summed E-state index contributed by atoms with van der Waals surface area (Å²) in [5, 5.41) is 0. The summed E-state index contributed by atoms with van der Waals surface area (Å²) in [6, 6.07) is 5.03. The molecular weight excluding hydrogens is 262 g/mol. The monoisotopic (exact) mass is 285 g/mol. The van der Waals surface area contributed by atoms with E-state index in [1.807, 2.05) is 32.0 Å². The van der Waals surface area contributed by atoms with E-state index < -0.39 is 10.0 Å². The van der Waals surface area contributed by atoms with Gasteiger partial charge in [0.15, 0.2) is 0 Å². The van der Waals surface area contributed by atoms with Crippen LogP contribution in [0.25, 0.3) is 0 Å². The van der Waals surface area contributed by atoms with Crippen LogP contribution in [0.2, 0.25) is 0 Å². The lowest BCUT2D eigenvalue weighted by Crippen LogP contribution is -2.39. The first-order valence-corrected chi connectivity index (χ1v) is 7.71. The van der Waals surface area contributed by atoms with Gasteiger partial charge in [-0.15, -0.1) is 0 Å². The van der Waals surface area contributed by atoms with Crippen LogP contribution in [0, 0.1) is 6.92 Å². The van der Waals surface area contributed by atoms with Gasteiger partial charge >= 0.3 is 0 Å². The van der Waals surface area contributed by atoms with Crippen LogP contribution in [0.1, 0.15) is 18.1 Å². The maximum Gasteiger partial charge on any atom is 0.241 e. The maximum atomic E-state index is 12.3. The number of nitrogens with two attached hydrogens (primary N) is 1. The Balaban J connectivity index is 2.94. The van der Waals surface area contributed by atoms with Crippen molar-refractivity contribution in [1.82, 2.24) is 9.62 Å². The number of sulfonamides is 1. The molecule has 0 saturated carbocycles. The Morgan fingerprint density at radius 2 is 2.00 bits per heavy atom. The summed E-state index contributed by atoms with van der Waals surface area (Å²) in [5.74, 6) is 0. The second kappa shape index (κ2) is 6.47. The highest BCUT2D eigenvalue weighted by Crippen LogP contribution is 2.16. The molecule has 0 spiro atoms. The molecule has 19 heavy (non-hydrogen) atoms. The third-order valence-electron chi connectivity index (χ3n) is 2.76. The molecule has 0 aliphatic carbocycles. The first kappa shape index (κ1) is 16.1. The Morgan fingerprint density at radius 3 is 2.47 bits per heavy atom. The predicted octanol–water partition coefficient (Wildman–Crippen LogP) is 0.682. The summed E-state index contributed by atoms with van der Waals surface area (Å²) in [5.41, 5.74) is 7.19. The van der Waals surface area contributed by atoms with E-state index >= 15 is 0 Å². The fourth-order valence-corrected chi connectivity index (χ4v) is 3.51. The fraction of sp³-hybridized carbons (Fsp3) is 0.538. The topological polar surface area (TPSA) is 75.4 Å². The van der Waals surface area contributed by atoms with Gasteiger partial charge in [-0.2, -0.15) is 0 Å². The van der Waals surface area contributed by atoms with Crippen LogP contribution in [0.4, 0.5) is 0 Å². The molecule has 0 radical (unpaired) electrons. The van der Waals surface area contributed by atoms with Crippen LogP contribution >= 0.6 is 0 Å². The highest BCUT2D eigenvalue weighted by atomic mass is 32.2. The van der Waals surface area contributed by atoms with Gasteiger partial charge in [0.2, 0.25) is 10.0 Å². The second-order valence-corrected chi connectivity index (χ2v) is 6.77. The number of hydrogen-bond acceptors (Lipinski definition) is 4. The van der Waals surface area contributed by atoms with Crippen LogP contribution in [-0.2, 0) is 16.6 Å². The van der Waals surface area contributed by atoms with Gasteiger partial charge in [-0.1, -0.05) is 12.1 Å². The van der Waals surface area contributed by atoms with E-state index in [4.69, 9.17) is 5.73 Å². The number of hydrogen-bond donors (Lipinski definition) is 2. The number of nitrogens with zero attached hydrogens (tertiary/aromatic N) is 1. The molecule has 1 aromatic rings. The third-order valence-corrected chi connectivity index (χ3v) is 4.51. The Labute approximate surface area is 115 Å². The number of likely N-dealkylation sites (N-methyl/N-ethyl adjacent to an activating group) is 1. The molecule has 0 aromatic heterocycles. The normalized spacial score (nSPS) is 13.8. The Bertz CT molecular complexity index is 527. The molecule has 1 rings (SSSR count). The first-order valence-electron chi connectivity index (χ1n) is 6.23. The molecule has 1 atom stereocenters. The van der Waals surface area contributed by atoms with Crippen LogP contribution in [-0.4, -0.2) is 40.0 Å². The van der Waals surface area contributed by atoms with Gasteiger partial charge in [0.1, 0.15) is 0 Å². The highest BCUT2D eigenvalue weighted by molar-refractivity contribution is 7.89. The van der Waals surface area contributed by atoms with Crippen molar-refractivity contribution >= 4 is 10.0 Å². The van der Waals surface area contributed by atoms with Crippen molar-refractivity contribution in [2.24, 2.45) is 5.73 Å². The van der Waals surface area contributed by atoms with E-state index in [0.717, 1.165) is 5.56 Å². The zero-order chi connectivity index (χ0) is 14.6. The molecule has 0 saturated heterocycles. The molecule has 0 amide bonds. The van der Waals surface area contributed by atoms with Gasteiger partial charge in [0.05, 0.1) is 4.90 Å². The molecule has 1 aromatic carbocycles.